The monoisotopic (exact) mass is 246 g/mol. The van der Waals surface area contributed by atoms with Gasteiger partial charge in [-0.15, -0.1) is 0 Å². The van der Waals surface area contributed by atoms with Crippen LogP contribution in [0.15, 0.2) is 24.3 Å². The van der Waals surface area contributed by atoms with Crippen molar-refractivity contribution in [2.24, 2.45) is 11.7 Å². The van der Waals surface area contributed by atoms with Gasteiger partial charge in [-0.3, -0.25) is 4.90 Å². The normalized spacial score (nSPS) is 26.9. The van der Waals surface area contributed by atoms with Crippen LogP contribution in [0.3, 0.4) is 0 Å². The van der Waals surface area contributed by atoms with Gasteiger partial charge >= 0.3 is 0 Å². The summed E-state index contributed by atoms with van der Waals surface area (Å²) in [5, 5.41) is 0. The molecule has 0 bridgehead atoms. The molecule has 0 saturated carbocycles. The lowest BCUT2D eigenvalue weighted by atomic mass is 9.78. The predicted molar refractivity (Wildman–Crippen MR) is 77.6 cm³/mol. The number of likely N-dealkylation sites (N-methyl/N-ethyl adjacent to an activating group) is 1. The van der Waals surface area contributed by atoms with E-state index in [0.29, 0.717) is 12.0 Å². The Morgan fingerprint density at radius 2 is 1.89 bits per heavy atom. The van der Waals surface area contributed by atoms with Crippen molar-refractivity contribution in [2.45, 2.75) is 45.7 Å². The first kappa shape index (κ1) is 13.6. The third-order valence-electron chi connectivity index (χ3n) is 4.66. The van der Waals surface area contributed by atoms with Crippen molar-refractivity contribution >= 4 is 0 Å². The molecule has 0 fully saturated rings. The van der Waals surface area contributed by atoms with Crippen molar-refractivity contribution in [3.63, 3.8) is 0 Å². The van der Waals surface area contributed by atoms with E-state index in [9.17, 15) is 0 Å². The predicted octanol–water partition coefficient (Wildman–Crippen LogP) is 2.76. The molecule has 0 spiro atoms. The van der Waals surface area contributed by atoms with Gasteiger partial charge in [-0.05, 0) is 36.6 Å². The van der Waals surface area contributed by atoms with Gasteiger partial charge in [0.2, 0.25) is 0 Å². The zero-order valence-electron chi connectivity index (χ0n) is 12.1. The Morgan fingerprint density at radius 1 is 1.28 bits per heavy atom. The molecule has 1 aromatic carbocycles. The van der Waals surface area contributed by atoms with E-state index in [1.165, 1.54) is 11.1 Å². The van der Waals surface area contributed by atoms with Gasteiger partial charge in [0.25, 0.3) is 0 Å². The summed E-state index contributed by atoms with van der Waals surface area (Å²) in [5.41, 5.74) is 9.46. The Kier molecular flexibility index (Phi) is 3.79. The van der Waals surface area contributed by atoms with Gasteiger partial charge in [-0.1, -0.05) is 52.0 Å². The van der Waals surface area contributed by atoms with Gasteiger partial charge < -0.3 is 5.73 Å². The Morgan fingerprint density at radius 3 is 2.44 bits per heavy atom. The molecule has 0 aliphatic heterocycles. The summed E-state index contributed by atoms with van der Waals surface area (Å²) >= 11 is 0. The molecule has 2 heteroatoms. The highest BCUT2D eigenvalue weighted by Gasteiger charge is 2.47. The van der Waals surface area contributed by atoms with Gasteiger partial charge in [-0.2, -0.15) is 0 Å². The van der Waals surface area contributed by atoms with E-state index in [0.717, 1.165) is 19.5 Å². The molecule has 100 valence electrons. The van der Waals surface area contributed by atoms with Crippen molar-refractivity contribution in [1.29, 1.82) is 0 Å². The highest BCUT2D eigenvalue weighted by molar-refractivity contribution is 5.42. The molecule has 2 atom stereocenters. The minimum atomic E-state index is -0.206. The van der Waals surface area contributed by atoms with Crippen LogP contribution in [-0.4, -0.2) is 24.0 Å². The quantitative estimate of drug-likeness (QED) is 0.885. The standard InChI is InChI=1S/C16H26N2/c1-5-18(6-2)15-11-13-9-7-8-10-14(13)16(15,17)12(3)4/h7-10,12,15H,5-6,11,17H2,1-4H3. The maximum Gasteiger partial charge on any atom is 0.0596 e. The fourth-order valence-corrected chi connectivity index (χ4v) is 3.47. The molecular formula is C16H26N2. The third-order valence-corrected chi connectivity index (χ3v) is 4.66. The maximum atomic E-state index is 6.87. The van der Waals surface area contributed by atoms with Gasteiger partial charge in [0.15, 0.2) is 0 Å². The Bertz CT molecular complexity index is 409. The smallest absolute Gasteiger partial charge is 0.0596 e. The van der Waals surface area contributed by atoms with Gasteiger partial charge in [0, 0.05) is 6.04 Å². The molecule has 1 aromatic rings. The molecule has 2 nitrogen and oxygen atoms in total. The van der Waals surface area contributed by atoms with Crippen molar-refractivity contribution in [2.75, 3.05) is 13.1 Å². The number of hydrogen-bond donors (Lipinski definition) is 1. The molecule has 0 heterocycles. The molecule has 1 aliphatic carbocycles. The summed E-state index contributed by atoms with van der Waals surface area (Å²) in [6.45, 7) is 11.1. The molecule has 0 amide bonds. The van der Waals surface area contributed by atoms with Gasteiger partial charge in [0.05, 0.1) is 5.54 Å². The number of benzene rings is 1. The first-order valence-corrected chi connectivity index (χ1v) is 7.16. The second kappa shape index (κ2) is 5.02. The molecule has 0 radical (unpaired) electrons. The lowest BCUT2D eigenvalue weighted by Crippen LogP contribution is -2.56. The number of hydrogen-bond acceptors (Lipinski definition) is 2. The maximum absolute atomic E-state index is 6.87. The van der Waals surface area contributed by atoms with Gasteiger partial charge in [0.1, 0.15) is 0 Å². The average Bonchev–Trinajstić information content (AvgIpc) is 2.67. The Labute approximate surface area is 111 Å². The highest BCUT2D eigenvalue weighted by atomic mass is 15.2. The summed E-state index contributed by atoms with van der Waals surface area (Å²) in [6.07, 6.45) is 1.09. The molecule has 0 aromatic heterocycles. The summed E-state index contributed by atoms with van der Waals surface area (Å²) in [4.78, 5) is 2.51. The summed E-state index contributed by atoms with van der Waals surface area (Å²) < 4.78 is 0. The molecular weight excluding hydrogens is 220 g/mol. The van der Waals surface area contributed by atoms with Crippen molar-refractivity contribution in [3.8, 4) is 0 Å². The fourth-order valence-electron chi connectivity index (χ4n) is 3.47. The second-order valence-electron chi connectivity index (χ2n) is 5.69. The minimum Gasteiger partial charge on any atom is -0.320 e. The van der Waals surface area contributed by atoms with E-state index in [1.54, 1.807) is 0 Å². The molecule has 18 heavy (non-hydrogen) atoms. The summed E-state index contributed by atoms with van der Waals surface area (Å²) in [6, 6.07) is 9.14. The van der Waals surface area contributed by atoms with Crippen LogP contribution in [0.4, 0.5) is 0 Å². The highest BCUT2D eigenvalue weighted by Crippen LogP contribution is 2.42. The van der Waals surface area contributed by atoms with Gasteiger partial charge in [-0.25, -0.2) is 0 Å². The van der Waals surface area contributed by atoms with Crippen LogP contribution in [0.2, 0.25) is 0 Å². The van der Waals surface area contributed by atoms with Crippen LogP contribution in [0, 0.1) is 5.92 Å². The molecule has 1 aliphatic rings. The van der Waals surface area contributed by atoms with E-state index in [2.05, 4.69) is 56.9 Å². The van der Waals surface area contributed by atoms with E-state index >= 15 is 0 Å². The van der Waals surface area contributed by atoms with Crippen LogP contribution in [0.5, 0.6) is 0 Å². The lowest BCUT2D eigenvalue weighted by molar-refractivity contribution is 0.111. The van der Waals surface area contributed by atoms with Crippen molar-refractivity contribution < 1.29 is 0 Å². The molecule has 2 rings (SSSR count). The van der Waals surface area contributed by atoms with E-state index < -0.39 is 0 Å². The van der Waals surface area contributed by atoms with Crippen molar-refractivity contribution in [1.82, 2.24) is 4.90 Å². The SMILES string of the molecule is CCN(CC)C1Cc2ccccc2C1(N)C(C)C. The fraction of sp³-hybridized carbons (Fsp3) is 0.625. The third kappa shape index (κ3) is 1.88. The average molecular weight is 246 g/mol. The molecule has 2 unspecified atom stereocenters. The first-order chi connectivity index (χ1) is 8.55. The summed E-state index contributed by atoms with van der Waals surface area (Å²) in [5.74, 6) is 0.451. The topological polar surface area (TPSA) is 29.3 Å². The van der Waals surface area contributed by atoms with Crippen LogP contribution in [-0.2, 0) is 12.0 Å². The lowest BCUT2D eigenvalue weighted by Gasteiger charge is -2.42. The first-order valence-electron chi connectivity index (χ1n) is 7.16. The number of nitrogens with zero attached hydrogens (tertiary/aromatic N) is 1. The van der Waals surface area contributed by atoms with Crippen molar-refractivity contribution in [3.05, 3.63) is 35.4 Å². The number of fused-ring (bicyclic) bond motifs is 1. The Balaban J connectivity index is 2.46. The largest absolute Gasteiger partial charge is 0.320 e. The number of nitrogens with two attached hydrogens (primary N) is 1. The minimum absolute atomic E-state index is 0.206. The van der Waals surface area contributed by atoms with E-state index in [1.807, 2.05) is 0 Å². The molecule has 0 saturated heterocycles. The van der Waals surface area contributed by atoms with E-state index in [-0.39, 0.29) is 5.54 Å². The number of rotatable bonds is 4. The summed E-state index contributed by atoms with van der Waals surface area (Å²) in [7, 11) is 0. The zero-order valence-corrected chi connectivity index (χ0v) is 12.1. The zero-order chi connectivity index (χ0) is 13.3. The van der Waals surface area contributed by atoms with Crippen LogP contribution in [0.25, 0.3) is 0 Å². The van der Waals surface area contributed by atoms with E-state index in [4.69, 9.17) is 5.73 Å². The molecule has 2 N–H and O–H groups in total. The Hall–Kier alpha value is -0.860. The second-order valence-corrected chi connectivity index (χ2v) is 5.69. The van der Waals surface area contributed by atoms with Crippen LogP contribution < -0.4 is 5.73 Å². The van der Waals surface area contributed by atoms with Crippen LogP contribution in [0.1, 0.15) is 38.8 Å². The van der Waals surface area contributed by atoms with Crippen LogP contribution >= 0.6 is 0 Å².